The summed E-state index contributed by atoms with van der Waals surface area (Å²) in [6, 6.07) is 15.4. The summed E-state index contributed by atoms with van der Waals surface area (Å²) in [7, 11) is -1.53. The number of nitrogens with zero attached hydrogens (tertiary/aromatic N) is 1. The van der Waals surface area contributed by atoms with Crippen LogP contribution in [0.2, 0.25) is 0 Å². The van der Waals surface area contributed by atoms with Gasteiger partial charge in [-0.3, -0.25) is 0 Å². The minimum atomic E-state index is -4.59. The van der Waals surface area contributed by atoms with Crippen molar-refractivity contribution in [1.29, 1.82) is 0 Å². The Hall–Kier alpha value is -2.86. The van der Waals surface area contributed by atoms with E-state index in [0.717, 1.165) is 35.1 Å². The van der Waals surface area contributed by atoms with Gasteiger partial charge in [0, 0.05) is 5.56 Å². The minimum absolute atomic E-state index is 0.118. The van der Waals surface area contributed by atoms with Crippen LogP contribution >= 0.6 is 7.92 Å². The number of hydrogen-bond acceptors (Lipinski definition) is 2. The van der Waals surface area contributed by atoms with E-state index in [-0.39, 0.29) is 29.5 Å². The Morgan fingerprint density at radius 1 is 0.757 bits per heavy atom. The van der Waals surface area contributed by atoms with Crippen LogP contribution in [0.25, 0.3) is 0 Å². The molecule has 37 heavy (non-hydrogen) atoms. The lowest BCUT2D eigenvalue weighted by atomic mass is 9.88. The van der Waals surface area contributed by atoms with Crippen molar-refractivity contribution in [3.05, 3.63) is 89.0 Å². The predicted molar refractivity (Wildman–Crippen MR) is 136 cm³/mol. The molecule has 0 aliphatic carbocycles. The first-order valence-electron chi connectivity index (χ1n) is 11.6. The number of halogens is 6. The zero-order valence-corrected chi connectivity index (χ0v) is 21.6. The van der Waals surface area contributed by atoms with Crippen molar-refractivity contribution in [3.8, 4) is 0 Å². The lowest BCUT2D eigenvalue weighted by molar-refractivity contribution is -0.138. The topological polar surface area (TPSA) is 21.6 Å². The Bertz CT molecular complexity index is 1290. The fraction of sp³-hybridized carbons (Fsp3) is 0.321. The Labute approximate surface area is 213 Å². The van der Waals surface area contributed by atoms with Crippen LogP contribution in [0.4, 0.5) is 26.3 Å². The molecule has 0 saturated heterocycles. The molecule has 3 aromatic carbocycles. The van der Waals surface area contributed by atoms with Gasteiger partial charge in [0.1, 0.15) is 6.61 Å². The number of hydrogen-bond donors (Lipinski definition) is 0. The van der Waals surface area contributed by atoms with Crippen LogP contribution in [0.3, 0.4) is 0 Å². The molecule has 0 amide bonds. The van der Waals surface area contributed by atoms with E-state index in [2.05, 4.69) is 4.99 Å². The Morgan fingerprint density at radius 2 is 1.27 bits per heavy atom. The lowest BCUT2D eigenvalue weighted by Crippen LogP contribution is -2.27. The van der Waals surface area contributed by atoms with Gasteiger partial charge in [-0.1, -0.05) is 68.8 Å². The Kier molecular flexibility index (Phi) is 7.19. The average molecular weight is 537 g/mol. The van der Waals surface area contributed by atoms with E-state index in [1.165, 1.54) is 18.2 Å². The van der Waals surface area contributed by atoms with Gasteiger partial charge in [-0.15, -0.1) is 0 Å². The van der Waals surface area contributed by atoms with Crippen molar-refractivity contribution in [2.45, 2.75) is 46.1 Å². The zero-order valence-electron chi connectivity index (χ0n) is 20.7. The normalized spacial score (nSPS) is 17.4. The summed E-state index contributed by atoms with van der Waals surface area (Å²) in [5, 5.41) is 1.88. The summed E-state index contributed by atoms with van der Waals surface area (Å²) in [5.74, 6) is 0.118. The maximum Gasteiger partial charge on any atom is 0.416 e. The Balaban J connectivity index is 1.93. The van der Waals surface area contributed by atoms with Crippen LogP contribution in [0.15, 0.2) is 71.7 Å². The summed E-state index contributed by atoms with van der Waals surface area (Å²) in [6.07, 6.45) is -9.09. The molecule has 2 atom stereocenters. The number of aliphatic imine (C=N–C) groups is 1. The molecule has 3 aromatic rings. The summed E-state index contributed by atoms with van der Waals surface area (Å²) in [4.78, 5) is 4.63. The fourth-order valence-electron chi connectivity index (χ4n) is 3.96. The largest absolute Gasteiger partial charge is 0.475 e. The number of benzene rings is 3. The number of rotatable bonds is 4. The smallest absolute Gasteiger partial charge is 0.416 e. The van der Waals surface area contributed by atoms with E-state index < -0.39 is 31.4 Å². The molecule has 4 rings (SSSR count). The fourth-order valence-corrected chi connectivity index (χ4v) is 6.34. The van der Waals surface area contributed by atoms with E-state index in [1.807, 2.05) is 52.0 Å². The van der Waals surface area contributed by atoms with Gasteiger partial charge in [0.2, 0.25) is 5.90 Å². The molecule has 1 unspecified atom stereocenters. The van der Waals surface area contributed by atoms with E-state index >= 15 is 0 Å². The third-order valence-corrected chi connectivity index (χ3v) is 8.69. The van der Waals surface area contributed by atoms with Gasteiger partial charge in [-0.05, 0) is 60.4 Å². The summed E-state index contributed by atoms with van der Waals surface area (Å²) in [6.45, 7) is 8.06. The van der Waals surface area contributed by atoms with E-state index in [0.29, 0.717) is 10.6 Å². The molecule has 0 saturated carbocycles. The molecule has 196 valence electrons. The maximum atomic E-state index is 13.7. The van der Waals surface area contributed by atoms with Gasteiger partial charge in [0.25, 0.3) is 0 Å². The lowest BCUT2D eigenvalue weighted by Gasteiger charge is -2.23. The third kappa shape index (κ3) is 6.01. The standard InChI is InChI=1S/C28H26F6NOP/c1-17-5-10-20(11-6-17)37(21-12-7-18(8-13-21)27(29,30)31)23-14-9-19(28(32,33)34)15-22(23)25-35-24(16-36-25)26(2,3)4/h5-15,24H,16H2,1-4H3/t24-,37?/m1/s1. The summed E-state index contributed by atoms with van der Waals surface area (Å²) < 4.78 is 86.7. The van der Waals surface area contributed by atoms with Crippen molar-refractivity contribution in [1.82, 2.24) is 0 Å². The molecule has 1 aliphatic heterocycles. The van der Waals surface area contributed by atoms with Gasteiger partial charge in [0.15, 0.2) is 0 Å². The van der Waals surface area contributed by atoms with Crippen molar-refractivity contribution in [2.75, 3.05) is 6.61 Å². The van der Waals surface area contributed by atoms with Crippen LogP contribution in [0, 0.1) is 12.3 Å². The molecule has 0 N–H and O–H groups in total. The van der Waals surface area contributed by atoms with Crippen molar-refractivity contribution in [3.63, 3.8) is 0 Å². The highest BCUT2D eigenvalue weighted by Crippen LogP contribution is 2.39. The first kappa shape index (κ1) is 27.2. The monoisotopic (exact) mass is 537 g/mol. The molecular formula is C28H26F6NOP. The van der Waals surface area contributed by atoms with Gasteiger partial charge < -0.3 is 4.74 Å². The SMILES string of the molecule is Cc1ccc(P(c2ccc(C(F)(F)F)cc2)c2ccc(C(F)(F)F)cc2C2=N[C@@H](C(C)(C)C)CO2)cc1. The highest BCUT2D eigenvalue weighted by Gasteiger charge is 2.36. The van der Waals surface area contributed by atoms with Gasteiger partial charge in [-0.25, -0.2) is 4.99 Å². The van der Waals surface area contributed by atoms with Crippen LogP contribution in [0.5, 0.6) is 0 Å². The van der Waals surface area contributed by atoms with Crippen molar-refractivity contribution < 1.29 is 31.1 Å². The minimum Gasteiger partial charge on any atom is -0.475 e. The van der Waals surface area contributed by atoms with Crippen LogP contribution in [0.1, 0.15) is 43.0 Å². The summed E-state index contributed by atoms with van der Waals surface area (Å²) >= 11 is 0. The van der Waals surface area contributed by atoms with Crippen LogP contribution in [-0.4, -0.2) is 18.5 Å². The second-order valence-electron chi connectivity index (χ2n) is 10.1. The molecule has 2 nitrogen and oxygen atoms in total. The second kappa shape index (κ2) is 9.79. The summed E-state index contributed by atoms with van der Waals surface area (Å²) in [5.41, 5.74) is -0.718. The van der Waals surface area contributed by atoms with Crippen molar-refractivity contribution >= 4 is 29.7 Å². The molecule has 0 spiro atoms. The number of alkyl halides is 6. The maximum absolute atomic E-state index is 13.7. The molecule has 0 bridgehead atoms. The third-order valence-electron chi connectivity index (χ3n) is 6.19. The quantitative estimate of drug-likeness (QED) is 0.260. The molecule has 0 aromatic heterocycles. The van der Waals surface area contributed by atoms with Gasteiger partial charge in [-0.2, -0.15) is 26.3 Å². The second-order valence-corrected chi connectivity index (χ2v) is 12.3. The van der Waals surface area contributed by atoms with Crippen LogP contribution in [-0.2, 0) is 17.1 Å². The molecule has 1 aliphatic rings. The van der Waals surface area contributed by atoms with E-state index in [9.17, 15) is 26.3 Å². The molecule has 0 fully saturated rings. The molecule has 9 heteroatoms. The van der Waals surface area contributed by atoms with Crippen molar-refractivity contribution in [2.24, 2.45) is 10.4 Å². The predicted octanol–water partition coefficient (Wildman–Crippen LogP) is 6.98. The Morgan fingerprint density at radius 3 is 1.76 bits per heavy atom. The molecule has 1 heterocycles. The zero-order chi connectivity index (χ0) is 27.2. The highest BCUT2D eigenvalue weighted by atomic mass is 31.1. The molecule has 0 radical (unpaired) electrons. The first-order valence-corrected chi connectivity index (χ1v) is 12.9. The van der Waals surface area contributed by atoms with Crippen LogP contribution < -0.4 is 15.9 Å². The highest BCUT2D eigenvalue weighted by molar-refractivity contribution is 7.80. The first-order chi connectivity index (χ1) is 17.1. The van der Waals surface area contributed by atoms with E-state index in [1.54, 1.807) is 0 Å². The number of ether oxygens (including phenoxy) is 1. The molecular weight excluding hydrogens is 511 g/mol. The van der Waals surface area contributed by atoms with Gasteiger partial charge in [0.05, 0.1) is 17.2 Å². The van der Waals surface area contributed by atoms with E-state index in [4.69, 9.17) is 4.74 Å². The number of aryl methyl sites for hydroxylation is 1. The average Bonchev–Trinajstić information content (AvgIpc) is 3.31. The van der Waals surface area contributed by atoms with Gasteiger partial charge >= 0.3 is 12.4 Å².